The predicted octanol–water partition coefficient (Wildman–Crippen LogP) is 1.77. The third-order valence-electron chi connectivity index (χ3n) is 2.75. The molecule has 0 aromatic heterocycles. The number of alkyl halides is 3. The van der Waals surface area contributed by atoms with Crippen molar-refractivity contribution in [1.29, 1.82) is 15.8 Å². The van der Waals surface area contributed by atoms with E-state index in [0.717, 1.165) is 13.2 Å². The first-order valence-electron chi connectivity index (χ1n) is 9.20. The van der Waals surface area contributed by atoms with Crippen LogP contribution >= 0.6 is 0 Å². The number of ketones is 1. The minimum atomic E-state index is -4.91. The Bertz CT molecular complexity index is 622. The minimum absolute atomic E-state index is 0. The van der Waals surface area contributed by atoms with Gasteiger partial charge < -0.3 is 14.6 Å². The van der Waals surface area contributed by atoms with Gasteiger partial charge in [-0.3, -0.25) is 11.2 Å². The largest absolute Gasteiger partial charge is 1.00 e. The second-order valence-corrected chi connectivity index (χ2v) is 5.23. The molecule has 0 aliphatic heterocycles. The molecule has 0 spiro atoms. The monoisotopic (exact) mass is 453 g/mol. The Morgan fingerprint density at radius 2 is 1.53 bits per heavy atom. The molecule has 0 bridgehead atoms. The van der Waals surface area contributed by atoms with Crippen LogP contribution in [-0.4, -0.2) is 35.9 Å². The molecule has 0 saturated carbocycles. The third kappa shape index (κ3) is 25.5. The SMILES string of the molecule is CCC#N.CCO/C=C/C(C)=O.CCO/C=C/C(O)(C(C)C#N)C(F)(F)F.C[CH-]C#N.[Li+]. The molecule has 176 valence electrons. The van der Waals surface area contributed by atoms with Gasteiger partial charge in [0.05, 0.1) is 43.8 Å². The summed E-state index contributed by atoms with van der Waals surface area (Å²) >= 11 is 0. The maximum atomic E-state index is 12.5. The first-order valence-corrected chi connectivity index (χ1v) is 9.20. The van der Waals surface area contributed by atoms with Gasteiger partial charge in [-0.25, -0.2) is 5.26 Å². The maximum absolute atomic E-state index is 12.5. The Kier molecular flexibility index (Phi) is 33.0. The van der Waals surface area contributed by atoms with E-state index in [-0.39, 0.29) is 31.3 Å². The van der Waals surface area contributed by atoms with Gasteiger partial charge in [0, 0.05) is 12.5 Å². The molecule has 1 N–H and O–H groups in total. The summed E-state index contributed by atoms with van der Waals surface area (Å²) in [6.07, 6.45) is 1.15. The molecule has 0 aromatic carbocycles. The van der Waals surface area contributed by atoms with Gasteiger partial charge in [0.15, 0.2) is 11.4 Å². The number of rotatable bonds is 7. The summed E-state index contributed by atoms with van der Waals surface area (Å²) in [6, 6.07) is 5.10. The molecule has 0 aliphatic rings. The van der Waals surface area contributed by atoms with Crippen LogP contribution in [-0.2, 0) is 14.3 Å². The molecule has 7 nitrogen and oxygen atoms in total. The molecule has 0 amide bonds. The topological polar surface area (TPSA) is 127 Å². The van der Waals surface area contributed by atoms with Crippen LogP contribution in [0.5, 0.6) is 0 Å². The number of hydrogen-bond donors (Lipinski definition) is 1. The second-order valence-electron chi connectivity index (χ2n) is 5.23. The minimum Gasteiger partial charge on any atom is -0.502 e. The molecule has 2 atom stereocenters. The van der Waals surface area contributed by atoms with Gasteiger partial charge in [-0.2, -0.15) is 30.6 Å². The van der Waals surface area contributed by atoms with Gasteiger partial charge in [0.2, 0.25) is 0 Å². The van der Waals surface area contributed by atoms with Crippen LogP contribution in [0.15, 0.2) is 24.7 Å². The summed E-state index contributed by atoms with van der Waals surface area (Å²) in [4.78, 5) is 10.2. The van der Waals surface area contributed by atoms with Crippen molar-refractivity contribution in [3.63, 3.8) is 0 Å². The normalized spacial score (nSPS) is 12.1. The maximum Gasteiger partial charge on any atom is 1.00 e. The number of hydrogen-bond acceptors (Lipinski definition) is 7. The molecule has 0 radical (unpaired) electrons. The summed E-state index contributed by atoms with van der Waals surface area (Å²) < 4.78 is 46.7. The zero-order valence-corrected chi connectivity index (χ0v) is 19.7. The van der Waals surface area contributed by atoms with Crippen molar-refractivity contribution in [3.8, 4) is 18.2 Å². The van der Waals surface area contributed by atoms with Crippen molar-refractivity contribution >= 4 is 5.78 Å². The number of aliphatic hydroxyl groups is 1. The number of nitriles is 3. The summed E-state index contributed by atoms with van der Waals surface area (Å²) in [7, 11) is 0. The van der Waals surface area contributed by atoms with Crippen LogP contribution in [0.3, 0.4) is 0 Å². The fraction of sp³-hybridized carbons (Fsp3) is 0.571. The fourth-order valence-corrected chi connectivity index (χ4v) is 1.07. The summed E-state index contributed by atoms with van der Waals surface area (Å²) in [5.41, 5.74) is -3.17. The second kappa shape index (κ2) is 26.5. The number of ether oxygens (including phenoxy) is 2. The van der Waals surface area contributed by atoms with Crippen LogP contribution in [0.4, 0.5) is 13.2 Å². The van der Waals surface area contributed by atoms with Crippen LogP contribution in [0.25, 0.3) is 0 Å². The molecule has 11 heteroatoms. The van der Waals surface area contributed by atoms with E-state index in [4.69, 9.17) is 20.5 Å². The van der Waals surface area contributed by atoms with Gasteiger partial charge in [0.1, 0.15) is 0 Å². The number of carbonyl (C=O) groups excluding carboxylic acids is 1. The molecule has 0 saturated heterocycles. The summed E-state index contributed by atoms with van der Waals surface area (Å²) in [6.45, 7) is 10.2. The molecule has 0 aromatic rings. The number of allylic oxidation sites excluding steroid dienone is 1. The number of nitrogens with zero attached hydrogens (tertiary/aromatic N) is 3. The average molecular weight is 453 g/mol. The number of halogens is 3. The van der Waals surface area contributed by atoms with Crippen LogP contribution in [0.2, 0.25) is 0 Å². The molecule has 0 rings (SSSR count). The van der Waals surface area contributed by atoms with E-state index in [1.54, 1.807) is 19.9 Å². The summed E-state index contributed by atoms with van der Waals surface area (Å²) in [5.74, 6) is -1.59. The van der Waals surface area contributed by atoms with Crippen molar-refractivity contribution in [2.45, 2.75) is 59.7 Å². The standard InChI is InChI=1S/C9H12F3NO2.C6H10O2.C3H5N.C3H4N.Li/c1-3-15-5-4-8(14,7(2)6-13)9(10,11)12;1-3-8-5-4-6(2)7;2*1-2-3-4;/h4-5,7,14H,3H2,1-2H3;4-5H,3H2,1-2H3;2H2,1H3;2H,1H3;/q;;;-1;+1/b2*5-4+;;;. The first-order chi connectivity index (χ1) is 14.4. The molecular formula is C21H31F3LiN3O4. The molecule has 0 fully saturated rings. The van der Waals surface area contributed by atoms with Gasteiger partial charge in [0.25, 0.3) is 0 Å². The Balaban J connectivity index is -0.000000120. The molecule has 0 heterocycles. The Hall–Kier alpha value is -2.56. The first kappa shape index (κ1) is 39.9. The molecule has 0 aliphatic carbocycles. The fourth-order valence-electron chi connectivity index (χ4n) is 1.07. The zero-order chi connectivity index (χ0) is 25.3. The Morgan fingerprint density at radius 3 is 1.78 bits per heavy atom. The van der Waals surface area contributed by atoms with Crippen molar-refractivity contribution in [2.24, 2.45) is 5.92 Å². The van der Waals surface area contributed by atoms with Gasteiger partial charge in [-0.05, 0) is 33.8 Å². The quantitative estimate of drug-likeness (QED) is 0.269. The van der Waals surface area contributed by atoms with Crippen LogP contribution < -0.4 is 18.9 Å². The van der Waals surface area contributed by atoms with E-state index in [1.807, 2.05) is 19.9 Å². The van der Waals surface area contributed by atoms with E-state index in [1.165, 1.54) is 31.8 Å². The Morgan fingerprint density at radius 1 is 1.12 bits per heavy atom. The van der Waals surface area contributed by atoms with Crippen molar-refractivity contribution in [2.75, 3.05) is 13.2 Å². The van der Waals surface area contributed by atoms with Crippen molar-refractivity contribution in [3.05, 3.63) is 31.1 Å². The smallest absolute Gasteiger partial charge is 0.502 e. The van der Waals surface area contributed by atoms with E-state index in [9.17, 15) is 23.1 Å². The van der Waals surface area contributed by atoms with Gasteiger partial charge in [-0.15, -0.1) is 6.07 Å². The Labute approximate surface area is 201 Å². The van der Waals surface area contributed by atoms with E-state index < -0.39 is 17.7 Å². The van der Waals surface area contributed by atoms with Crippen LogP contribution in [0, 0.1) is 46.3 Å². The van der Waals surface area contributed by atoms with E-state index >= 15 is 0 Å². The van der Waals surface area contributed by atoms with E-state index in [0.29, 0.717) is 19.1 Å². The van der Waals surface area contributed by atoms with Crippen molar-refractivity contribution in [1.82, 2.24) is 0 Å². The van der Waals surface area contributed by atoms with Gasteiger partial charge in [-0.1, -0.05) is 6.92 Å². The van der Waals surface area contributed by atoms with E-state index in [2.05, 4.69) is 4.74 Å². The van der Waals surface area contributed by atoms with Gasteiger partial charge >= 0.3 is 25.0 Å². The zero-order valence-electron chi connectivity index (χ0n) is 19.7. The molecule has 2 unspecified atom stereocenters. The average Bonchev–Trinajstić information content (AvgIpc) is 2.73. The molecule has 32 heavy (non-hydrogen) atoms. The van der Waals surface area contributed by atoms with Crippen molar-refractivity contribution < 1.29 is 51.4 Å². The number of carbonyl (C=O) groups is 1. The van der Waals surface area contributed by atoms with Crippen LogP contribution in [0.1, 0.15) is 48.0 Å². The summed E-state index contributed by atoms with van der Waals surface area (Å²) in [5, 5.41) is 32.9. The molecular weight excluding hydrogens is 422 g/mol. The third-order valence-corrected chi connectivity index (χ3v) is 2.75. The predicted molar refractivity (Wildman–Crippen MR) is 109 cm³/mol.